The van der Waals surface area contributed by atoms with Crippen LogP contribution in [0.25, 0.3) is 0 Å². The number of carbonyl (C=O) groups excluding carboxylic acids is 1. The number of rotatable bonds is 5. The monoisotopic (exact) mass is 358 g/mol. The summed E-state index contributed by atoms with van der Waals surface area (Å²) < 4.78 is 26.2. The van der Waals surface area contributed by atoms with E-state index in [0.29, 0.717) is 25.6 Å². The molecule has 2 heterocycles. The minimum atomic E-state index is -3.20. The number of amides is 1. The van der Waals surface area contributed by atoms with Gasteiger partial charge in [0, 0.05) is 25.7 Å². The second kappa shape index (κ2) is 7.73. The summed E-state index contributed by atoms with van der Waals surface area (Å²) in [5.41, 5.74) is 0.205. The summed E-state index contributed by atoms with van der Waals surface area (Å²) in [6.07, 6.45) is 5.39. The highest BCUT2D eigenvalue weighted by Gasteiger charge is 2.38. The molecular weight excluding hydrogens is 324 g/mol. The lowest BCUT2D eigenvalue weighted by Gasteiger charge is -2.36. The van der Waals surface area contributed by atoms with Crippen molar-refractivity contribution in [2.45, 2.75) is 72.3 Å². The number of nitrogens with zero attached hydrogens (tertiary/aromatic N) is 2. The third-order valence-electron chi connectivity index (χ3n) is 5.10. The van der Waals surface area contributed by atoms with Crippen molar-refractivity contribution in [3.8, 4) is 0 Å². The van der Waals surface area contributed by atoms with Gasteiger partial charge in [-0.15, -0.1) is 0 Å². The minimum absolute atomic E-state index is 0.161. The van der Waals surface area contributed by atoms with Crippen molar-refractivity contribution in [3.05, 3.63) is 0 Å². The number of carbonyl (C=O) groups is 1. The van der Waals surface area contributed by atoms with Gasteiger partial charge >= 0.3 is 0 Å². The predicted molar refractivity (Wildman–Crippen MR) is 97.2 cm³/mol. The molecule has 0 radical (unpaired) electrons. The van der Waals surface area contributed by atoms with Crippen molar-refractivity contribution in [2.75, 3.05) is 25.4 Å². The van der Waals surface area contributed by atoms with Crippen molar-refractivity contribution in [1.29, 1.82) is 0 Å². The van der Waals surface area contributed by atoms with Gasteiger partial charge in [-0.3, -0.25) is 4.79 Å². The van der Waals surface area contributed by atoms with Gasteiger partial charge in [-0.05, 0) is 43.9 Å². The Morgan fingerprint density at radius 1 is 1.12 bits per heavy atom. The fraction of sp³-hybridized carbons (Fsp3) is 0.944. The summed E-state index contributed by atoms with van der Waals surface area (Å²) in [5.74, 6) is 0.202. The van der Waals surface area contributed by atoms with Crippen LogP contribution < -0.4 is 0 Å². The third-order valence-corrected chi connectivity index (χ3v) is 7.14. The highest BCUT2D eigenvalue weighted by atomic mass is 32.2. The van der Waals surface area contributed by atoms with E-state index in [1.54, 1.807) is 4.31 Å². The Labute approximate surface area is 147 Å². The molecule has 0 saturated carbocycles. The molecule has 2 saturated heterocycles. The van der Waals surface area contributed by atoms with Crippen molar-refractivity contribution in [1.82, 2.24) is 9.21 Å². The van der Waals surface area contributed by atoms with Gasteiger partial charge in [0.05, 0.1) is 11.7 Å². The Hall–Kier alpha value is -0.620. The second-order valence-electron chi connectivity index (χ2n) is 8.61. The van der Waals surface area contributed by atoms with Crippen molar-refractivity contribution >= 4 is 15.9 Å². The summed E-state index contributed by atoms with van der Waals surface area (Å²) in [6, 6.07) is 0.320. The molecule has 0 aliphatic carbocycles. The lowest BCUT2D eigenvalue weighted by molar-refractivity contribution is -0.138. The van der Waals surface area contributed by atoms with Crippen LogP contribution in [-0.2, 0) is 14.8 Å². The molecule has 2 atom stereocenters. The zero-order valence-electron chi connectivity index (χ0n) is 15.8. The van der Waals surface area contributed by atoms with E-state index in [1.807, 2.05) is 11.8 Å². The van der Waals surface area contributed by atoms with Gasteiger partial charge < -0.3 is 4.90 Å². The van der Waals surface area contributed by atoms with Crippen molar-refractivity contribution < 1.29 is 13.2 Å². The Morgan fingerprint density at radius 2 is 1.79 bits per heavy atom. The summed E-state index contributed by atoms with van der Waals surface area (Å²) in [5, 5.41) is 0. The van der Waals surface area contributed by atoms with E-state index < -0.39 is 10.0 Å². The molecule has 2 unspecified atom stereocenters. The first kappa shape index (κ1) is 19.7. The molecular formula is C18H34N2O3S. The van der Waals surface area contributed by atoms with Gasteiger partial charge in [0.2, 0.25) is 15.9 Å². The fourth-order valence-corrected chi connectivity index (χ4v) is 5.65. The summed E-state index contributed by atoms with van der Waals surface area (Å²) in [6.45, 7) is 10.3. The van der Waals surface area contributed by atoms with E-state index in [2.05, 4.69) is 20.8 Å². The maximum Gasteiger partial charge on any atom is 0.227 e. The molecule has 140 valence electrons. The molecule has 0 aromatic rings. The van der Waals surface area contributed by atoms with Crippen LogP contribution >= 0.6 is 0 Å². The zero-order chi connectivity index (χ0) is 18.0. The molecule has 1 amide bonds. The average molecular weight is 359 g/mol. The maximum atomic E-state index is 13.0. The lowest BCUT2D eigenvalue weighted by Crippen LogP contribution is -2.48. The first-order valence-electron chi connectivity index (χ1n) is 9.42. The third kappa shape index (κ3) is 4.94. The first-order chi connectivity index (χ1) is 11.1. The van der Waals surface area contributed by atoms with Crippen LogP contribution in [0.2, 0.25) is 0 Å². The first-order valence-corrected chi connectivity index (χ1v) is 11.0. The van der Waals surface area contributed by atoms with Gasteiger partial charge in [-0.1, -0.05) is 27.7 Å². The van der Waals surface area contributed by atoms with E-state index >= 15 is 0 Å². The van der Waals surface area contributed by atoms with E-state index in [1.165, 1.54) is 0 Å². The van der Waals surface area contributed by atoms with E-state index in [0.717, 1.165) is 38.6 Å². The van der Waals surface area contributed by atoms with Gasteiger partial charge in [0.15, 0.2) is 0 Å². The summed E-state index contributed by atoms with van der Waals surface area (Å²) in [4.78, 5) is 15.1. The maximum absolute atomic E-state index is 13.0. The van der Waals surface area contributed by atoms with E-state index in [9.17, 15) is 13.2 Å². The highest BCUT2D eigenvalue weighted by Crippen LogP contribution is 2.32. The van der Waals surface area contributed by atoms with Crippen molar-refractivity contribution in [3.63, 3.8) is 0 Å². The fourth-order valence-electron chi connectivity index (χ4n) is 4.06. The lowest BCUT2D eigenvalue weighted by atomic mass is 9.87. The summed E-state index contributed by atoms with van der Waals surface area (Å²) in [7, 11) is -3.20. The van der Waals surface area contributed by atoms with Crippen LogP contribution in [0.15, 0.2) is 0 Å². The molecule has 0 N–H and O–H groups in total. The second-order valence-corrected chi connectivity index (χ2v) is 10.7. The van der Waals surface area contributed by atoms with E-state index in [-0.39, 0.29) is 23.0 Å². The SMILES string of the molecule is CCCS(=O)(=O)N1CCCC(C(=O)N2CCCC2CC(C)(C)C)C1. The zero-order valence-corrected chi connectivity index (χ0v) is 16.6. The quantitative estimate of drug-likeness (QED) is 0.759. The molecule has 5 nitrogen and oxygen atoms in total. The molecule has 2 aliphatic rings. The van der Waals surface area contributed by atoms with Gasteiger partial charge in [0.25, 0.3) is 0 Å². The van der Waals surface area contributed by atoms with Gasteiger partial charge in [0.1, 0.15) is 0 Å². The topological polar surface area (TPSA) is 57.7 Å². The normalized spacial score (nSPS) is 26.8. The molecule has 2 fully saturated rings. The number of hydrogen-bond donors (Lipinski definition) is 0. The molecule has 24 heavy (non-hydrogen) atoms. The van der Waals surface area contributed by atoms with Crippen molar-refractivity contribution in [2.24, 2.45) is 11.3 Å². The Balaban J connectivity index is 2.03. The largest absolute Gasteiger partial charge is 0.339 e. The molecule has 0 aromatic carbocycles. The number of hydrogen-bond acceptors (Lipinski definition) is 3. The molecule has 2 aliphatic heterocycles. The smallest absolute Gasteiger partial charge is 0.227 e. The Morgan fingerprint density at radius 3 is 2.42 bits per heavy atom. The summed E-state index contributed by atoms with van der Waals surface area (Å²) >= 11 is 0. The van der Waals surface area contributed by atoms with Gasteiger partial charge in [-0.2, -0.15) is 0 Å². The molecule has 0 spiro atoms. The van der Waals surface area contributed by atoms with Crippen LogP contribution in [0.5, 0.6) is 0 Å². The molecule has 6 heteroatoms. The van der Waals surface area contributed by atoms with Gasteiger partial charge in [-0.25, -0.2) is 12.7 Å². The van der Waals surface area contributed by atoms with Crippen LogP contribution in [0.1, 0.15) is 66.2 Å². The number of piperidine rings is 1. The van der Waals surface area contributed by atoms with Crippen LogP contribution in [0.4, 0.5) is 0 Å². The Kier molecular flexibility index (Phi) is 6.35. The predicted octanol–water partition coefficient (Wildman–Crippen LogP) is 2.87. The van der Waals surface area contributed by atoms with Crippen LogP contribution in [0, 0.1) is 11.3 Å². The standard InChI is InChI=1S/C18H34N2O3S/c1-5-12-24(22,23)19-10-6-8-15(14-19)17(21)20-11-7-9-16(20)13-18(2,3)4/h15-16H,5-14H2,1-4H3. The number of sulfonamides is 1. The highest BCUT2D eigenvalue weighted by molar-refractivity contribution is 7.89. The average Bonchev–Trinajstić information content (AvgIpc) is 2.92. The molecule has 2 rings (SSSR count). The minimum Gasteiger partial charge on any atom is -0.339 e. The van der Waals surface area contributed by atoms with Crippen LogP contribution in [-0.4, -0.2) is 55.0 Å². The number of likely N-dealkylation sites (tertiary alicyclic amines) is 1. The molecule has 0 aromatic heterocycles. The van der Waals surface area contributed by atoms with Crippen LogP contribution in [0.3, 0.4) is 0 Å². The molecule has 0 bridgehead atoms. The Bertz CT molecular complexity index is 539. The van der Waals surface area contributed by atoms with E-state index in [4.69, 9.17) is 0 Å².